The summed E-state index contributed by atoms with van der Waals surface area (Å²) in [6.45, 7) is 0.874. The monoisotopic (exact) mass is 481 g/mol. The van der Waals surface area contributed by atoms with Crippen molar-refractivity contribution < 1.29 is 27.9 Å². The molecule has 0 aromatic heterocycles. The number of benzene rings is 2. The number of nitrogens with two attached hydrogens (primary N) is 1. The van der Waals surface area contributed by atoms with Crippen LogP contribution in [0.2, 0.25) is 5.02 Å². The van der Waals surface area contributed by atoms with Crippen molar-refractivity contribution in [2.24, 2.45) is 5.73 Å². The zero-order valence-electron chi connectivity index (χ0n) is 17.6. The van der Waals surface area contributed by atoms with Gasteiger partial charge in [0.1, 0.15) is 0 Å². The first-order valence-electron chi connectivity index (χ1n) is 10.6. The highest BCUT2D eigenvalue weighted by Gasteiger charge is 2.56. The number of amides is 2. The molecule has 6 nitrogen and oxygen atoms in total. The fourth-order valence-corrected chi connectivity index (χ4v) is 4.95. The summed E-state index contributed by atoms with van der Waals surface area (Å²) in [4.78, 5) is 26.5. The summed E-state index contributed by atoms with van der Waals surface area (Å²) >= 11 is 6.22. The highest BCUT2D eigenvalue weighted by molar-refractivity contribution is 6.32. The lowest BCUT2D eigenvalue weighted by Gasteiger charge is -2.28. The van der Waals surface area contributed by atoms with Crippen molar-refractivity contribution in [1.82, 2.24) is 5.32 Å². The van der Waals surface area contributed by atoms with Crippen LogP contribution in [-0.2, 0) is 16.6 Å². The standard InChI is InChI=1S/C23H23ClF3N3O3/c24-17-7-2-1-6-15(17)22(33)19-16(23(25,26)27)11-13(20(28)31)12-18(19)30(21(22)32)10-8-14-5-3-4-9-29-14/h1-2,6-7,11-12,14,29,33H,3-5,8-10H2,(H2,28,31). The van der Waals surface area contributed by atoms with Crippen LogP contribution in [0.1, 0.15) is 52.7 Å². The fourth-order valence-electron chi connectivity index (χ4n) is 4.68. The molecule has 2 amide bonds. The number of primary amides is 1. The third-order valence-corrected chi connectivity index (χ3v) is 6.62. The van der Waals surface area contributed by atoms with Crippen LogP contribution < -0.4 is 16.0 Å². The van der Waals surface area contributed by atoms with Crippen molar-refractivity contribution in [2.45, 2.75) is 43.5 Å². The quantitative estimate of drug-likeness (QED) is 0.608. The number of anilines is 1. The number of hydrogen-bond acceptors (Lipinski definition) is 4. The summed E-state index contributed by atoms with van der Waals surface area (Å²) < 4.78 is 42.4. The van der Waals surface area contributed by atoms with Crippen LogP contribution in [0.5, 0.6) is 0 Å². The van der Waals surface area contributed by atoms with Gasteiger partial charge in [0.2, 0.25) is 5.91 Å². The molecule has 0 saturated carbocycles. The van der Waals surface area contributed by atoms with Crippen molar-refractivity contribution in [3.8, 4) is 0 Å². The molecule has 33 heavy (non-hydrogen) atoms. The van der Waals surface area contributed by atoms with Gasteiger partial charge in [0.25, 0.3) is 5.91 Å². The molecule has 0 radical (unpaired) electrons. The van der Waals surface area contributed by atoms with E-state index in [0.717, 1.165) is 36.8 Å². The molecule has 2 aromatic rings. The van der Waals surface area contributed by atoms with Crippen LogP contribution >= 0.6 is 11.6 Å². The van der Waals surface area contributed by atoms with Gasteiger partial charge < -0.3 is 21.1 Å². The molecule has 176 valence electrons. The number of nitrogens with one attached hydrogen (secondary N) is 1. The number of piperidine rings is 1. The lowest BCUT2D eigenvalue weighted by atomic mass is 9.83. The Kier molecular flexibility index (Phi) is 6.15. The lowest BCUT2D eigenvalue weighted by molar-refractivity contribution is -0.142. The third kappa shape index (κ3) is 4.09. The summed E-state index contributed by atoms with van der Waals surface area (Å²) in [5.41, 5.74) is -0.0842. The molecule has 10 heteroatoms. The normalized spacial score (nSPS) is 23.0. The molecule has 2 aliphatic rings. The zero-order valence-corrected chi connectivity index (χ0v) is 18.3. The Labute approximate surface area is 193 Å². The minimum atomic E-state index is -4.97. The number of aliphatic hydroxyl groups is 1. The minimum Gasteiger partial charge on any atom is -0.372 e. The molecule has 2 aliphatic heterocycles. The first kappa shape index (κ1) is 23.5. The van der Waals surface area contributed by atoms with E-state index in [-0.39, 0.29) is 28.9 Å². The predicted molar refractivity (Wildman–Crippen MR) is 117 cm³/mol. The number of alkyl halides is 3. The smallest absolute Gasteiger partial charge is 0.372 e. The fraction of sp³-hybridized carbons (Fsp3) is 0.391. The van der Waals surface area contributed by atoms with Crippen molar-refractivity contribution in [3.05, 3.63) is 63.7 Å². The largest absolute Gasteiger partial charge is 0.416 e. The molecule has 2 heterocycles. The average Bonchev–Trinajstić information content (AvgIpc) is 2.99. The summed E-state index contributed by atoms with van der Waals surface area (Å²) in [6, 6.07) is 7.52. The molecule has 2 aromatic carbocycles. The van der Waals surface area contributed by atoms with Crippen molar-refractivity contribution >= 4 is 29.1 Å². The second-order valence-corrected chi connectivity index (χ2v) is 8.77. The Hall–Kier alpha value is -2.62. The summed E-state index contributed by atoms with van der Waals surface area (Å²) in [5, 5.41) is 14.9. The summed E-state index contributed by atoms with van der Waals surface area (Å²) in [7, 11) is 0. The maximum absolute atomic E-state index is 14.1. The molecule has 0 aliphatic carbocycles. The first-order valence-corrected chi connectivity index (χ1v) is 11.0. The van der Waals surface area contributed by atoms with Crippen LogP contribution in [0, 0.1) is 0 Å². The molecular formula is C23H23ClF3N3O3. The van der Waals surface area contributed by atoms with E-state index >= 15 is 0 Å². The number of fused-ring (bicyclic) bond motifs is 1. The summed E-state index contributed by atoms with van der Waals surface area (Å²) in [5.74, 6) is -2.02. The van der Waals surface area contributed by atoms with Crippen molar-refractivity contribution in [3.63, 3.8) is 0 Å². The number of hydrogen-bond donors (Lipinski definition) is 3. The Bertz CT molecular complexity index is 1100. The maximum atomic E-state index is 14.1. The van der Waals surface area contributed by atoms with E-state index < -0.39 is 40.3 Å². The van der Waals surface area contributed by atoms with E-state index in [1.54, 1.807) is 6.07 Å². The predicted octanol–water partition coefficient (Wildman–Crippen LogP) is 3.57. The van der Waals surface area contributed by atoms with Gasteiger partial charge >= 0.3 is 6.18 Å². The molecule has 2 atom stereocenters. The number of rotatable bonds is 5. The van der Waals surface area contributed by atoms with Gasteiger partial charge in [-0.3, -0.25) is 9.59 Å². The molecule has 4 N–H and O–H groups in total. The van der Waals surface area contributed by atoms with E-state index in [9.17, 15) is 27.9 Å². The van der Waals surface area contributed by atoms with E-state index in [4.69, 9.17) is 17.3 Å². The summed E-state index contributed by atoms with van der Waals surface area (Å²) in [6.07, 6.45) is -1.59. The van der Waals surface area contributed by atoms with Crippen LogP contribution in [0.3, 0.4) is 0 Å². The Morgan fingerprint density at radius 3 is 2.61 bits per heavy atom. The number of carbonyl (C=O) groups excluding carboxylic acids is 2. The van der Waals surface area contributed by atoms with Gasteiger partial charge in [-0.05, 0) is 44.0 Å². The third-order valence-electron chi connectivity index (χ3n) is 6.29. The molecule has 4 rings (SSSR count). The van der Waals surface area contributed by atoms with Crippen LogP contribution in [-0.4, -0.2) is 36.1 Å². The van der Waals surface area contributed by atoms with E-state index in [0.29, 0.717) is 12.5 Å². The van der Waals surface area contributed by atoms with Gasteiger partial charge in [-0.2, -0.15) is 13.2 Å². The second-order valence-electron chi connectivity index (χ2n) is 8.36. The van der Waals surface area contributed by atoms with Crippen LogP contribution in [0.4, 0.5) is 18.9 Å². The molecule has 2 unspecified atom stereocenters. The molecule has 0 spiro atoms. The van der Waals surface area contributed by atoms with E-state index in [1.165, 1.54) is 18.2 Å². The average molecular weight is 482 g/mol. The number of nitrogens with zero attached hydrogens (tertiary/aromatic N) is 1. The highest BCUT2D eigenvalue weighted by atomic mass is 35.5. The van der Waals surface area contributed by atoms with E-state index in [1.807, 2.05) is 0 Å². The maximum Gasteiger partial charge on any atom is 0.416 e. The van der Waals surface area contributed by atoms with E-state index in [2.05, 4.69) is 5.32 Å². The van der Waals surface area contributed by atoms with Crippen molar-refractivity contribution in [2.75, 3.05) is 18.0 Å². The highest BCUT2D eigenvalue weighted by Crippen LogP contribution is 2.51. The SMILES string of the molecule is NC(=O)c1cc2c(c(C(F)(F)F)c1)C(O)(c1ccccc1Cl)C(=O)N2CCC1CCCCN1. The van der Waals surface area contributed by atoms with Crippen LogP contribution in [0.15, 0.2) is 36.4 Å². The minimum absolute atomic E-state index is 0.0514. The lowest BCUT2D eigenvalue weighted by Crippen LogP contribution is -2.44. The van der Waals surface area contributed by atoms with Gasteiger partial charge in [0, 0.05) is 34.3 Å². The zero-order chi connectivity index (χ0) is 24.0. The van der Waals surface area contributed by atoms with Gasteiger partial charge in [0.05, 0.1) is 11.3 Å². The second kappa shape index (κ2) is 8.62. The first-order chi connectivity index (χ1) is 15.5. The Balaban J connectivity index is 1.91. The topological polar surface area (TPSA) is 95.7 Å². The van der Waals surface area contributed by atoms with Gasteiger partial charge in [-0.25, -0.2) is 0 Å². The van der Waals surface area contributed by atoms with Gasteiger partial charge in [-0.15, -0.1) is 0 Å². The number of halogens is 4. The van der Waals surface area contributed by atoms with Gasteiger partial charge in [0.15, 0.2) is 5.60 Å². The molecule has 0 bridgehead atoms. The molecule has 1 saturated heterocycles. The Morgan fingerprint density at radius 2 is 2.00 bits per heavy atom. The van der Waals surface area contributed by atoms with Gasteiger partial charge in [-0.1, -0.05) is 36.2 Å². The Morgan fingerprint density at radius 1 is 1.27 bits per heavy atom. The number of carbonyl (C=O) groups is 2. The van der Waals surface area contributed by atoms with Crippen molar-refractivity contribution in [1.29, 1.82) is 0 Å². The van der Waals surface area contributed by atoms with Crippen LogP contribution in [0.25, 0.3) is 0 Å². The molecular weight excluding hydrogens is 459 g/mol. The molecule has 1 fully saturated rings.